The average molecular weight is 633 g/mol. The fourth-order valence-electron chi connectivity index (χ4n) is 4.76. The summed E-state index contributed by atoms with van der Waals surface area (Å²) in [7, 11) is -3.61. The standard InChI is InChI=1S/C32H39Cl2N3O4S/c1-5-19-35-32(39)30(21-25-13-7-6-8-14-25)36(22-26-27(33)15-10-16-28(26)34)31(38)18-11-20-37(42(4,40)41)29-17-9-12-23(2)24(29)3/h6-10,12-17,30H,5,11,18-22H2,1-4H3,(H,35,39)/t30-/m0/s1. The van der Waals surface area contributed by atoms with E-state index in [1.807, 2.05) is 63.2 Å². The molecule has 2 amide bonds. The number of nitrogens with zero attached hydrogens (tertiary/aromatic N) is 2. The van der Waals surface area contributed by atoms with Crippen molar-refractivity contribution in [1.29, 1.82) is 0 Å². The minimum Gasteiger partial charge on any atom is -0.354 e. The minimum atomic E-state index is -3.61. The molecule has 0 aromatic heterocycles. The molecule has 3 aromatic rings. The summed E-state index contributed by atoms with van der Waals surface area (Å²) in [5.74, 6) is -0.571. The lowest BCUT2D eigenvalue weighted by Crippen LogP contribution is -2.50. The Balaban J connectivity index is 1.93. The number of benzene rings is 3. The third-order valence-corrected chi connectivity index (χ3v) is 9.10. The third kappa shape index (κ3) is 8.96. The van der Waals surface area contributed by atoms with Crippen molar-refractivity contribution < 1.29 is 18.0 Å². The highest BCUT2D eigenvalue weighted by Gasteiger charge is 2.31. The summed E-state index contributed by atoms with van der Waals surface area (Å²) in [6.07, 6.45) is 2.47. The molecule has 0 aliphatic heterocycles. The molecule has 0 spiro atoms. The van der Waals surface area contributed by atoms with E-state index < -0.39 is 16.1 Å². The fourth-order valence-corrected chi connectivity index (χ4v) is 6.29. The summed E-state index contributed by atoms with van der Waals surface area (Å²) >= 11 is 13.0. The van der Waals surface area contributed by atoms with E-state index in [0.29, 0.717) is 34.3 Å². The lowest BCUT2D eigenvalue weighted by molar-refractivity contribution is -0.141. The number of sulfonamides is 1. The van der Waals surface area contributed by atoms with Crippen molar-refractivity contribution in [1.82, 2.24) is 10.2 Å². The molecule has 0 heterocycles. The van der Waals surface area contributed by atoms with Gasteiger partial charge in [-0.25, -0.2) is 8.42 Å². The van der Waals surface area contributed by atoms with E-state index in [-0.39, 0.29) is 37.7 Å². The highest BCUT2D eigenvalue weighted by Crippen LogP contribution is 2.29. The normalized spacial score (nSPS) is 12.0. The Labute approximate surface area is 259 Å². The Hall–Kier alpha value is -3.07. The van der Waals surface area contributed by atoms with E-state index in [1.54, 1.807) is 24.3 Å². The summed E-state index contributed by atoms with van der Waals surface area (Å²) in [5.41, 5.74) is 3.87. The predicted octanol–water partition coefficient (Wildman–Crippen LogP) is 6.32. The van der Waals surface area contributed by atoms with Gasteiger partial charge >= 0.3 is 0 Å². The molecular weight excluding hydrogens is 593 g/mol. The molecule has 0 aliphatic rings. The smallest absolute Gasteiger partial charge is 0.243 e. The van der Waals surface area contributed by atoms with Gasteiger partial charge in [0.05, 0.1) is 11.9 Å². The number of halogens is 2. The van der Waals surface area contributed by atoms with Gasteiger partial charge in [0, 0.05) is 48.1 Å². The van der Waals surface area contributed by atoms with Crippen molar-refractivity contribution in [2.24, 2.45) is 0 Å². The van der Waals surface area contributed by atoms with E-state index in [9.17, 15) is 18.0 Å². The molecule has 3 aromatic carbocycles. The van der Waals surface area contributed by atoms with Gasteiger partial charge in [0.2, 0.25) is 21.8 Å². The quantitative estimate of drug-likeness (QED) is 0.225. The molecule has 1 N–H and O–H groups in total. The van der Waals surface area contributed by atoms with Crippen LogP contribution in [0.5, 0.6) is 0 Å². The first kappa shape index (κ1) is 33.4. The van der Waals surface area contributed by atoms with E-state index >= 15 is 0 Å². The van der Waals surface area contributed by atoms with Crippen molar-refractivity contribution in [2.75, 3.05) is 23.7 Å². The molecule has 0 aliphatic carbocycles. The van der Waals surface area contributed by atoms with Crippen LogP contribution < -0.4 is 9.62 Å². The largest absolute Gasteiger partial charge is 0.354 e. The zero-order valence-electron chi connectivity index (χ0n) is 24.6. The van der Waals surface area contributed by atoms with Crippen LogP contribution >= 0.6 is 23.2 Å². The molecule has 3 rings (SSSR count). The van der Waals surface area contributed by atoms with E-state index in [0.717, 1.165) is 29.4 Å². The van der Waals surface area contributed by atoms with Crippen molar-refractivity contribution in [3.63, 3.8) is 0 Å². The molecule has 42 heavy (non-hydrogen) atoms. The lowest BCUT2D eigenvalue weighted by atomic mass is 10.0. The van der Waals surface area contributed by atoms with Crippen molar-refractivity contribution in [2.45, 2.75) is 59.0 Å². The average Bonchev–Trinajstić information content (AvgIpc) is 2.94. The lowest BCUT2D eigenvalue weighted by Gasteiger charge is -2.32. The maximum Gasteiger partial charge on any atom is 0.243 e. The van der Waals surface area contributed by atoms with E-state index in [1.165, 1.54) is 9.21 Å². The summed E-state index contributed by atoms with van der Waals surface area (Å²) in [6.45, 7) is 6.38. The number of rotatable bonds is 14. The first-order valence-electron chi connectivity index (χ1n) is 14.0. The van der Waals surface area contributed by atoms with Gasteiger partial charge < -0.3 is 10.2 Å². The highest BCUT2D eigenvalue weighted by molar-refractivity contribution is 7.92. The van der Waals surface area contributed by atoms with Crippen LogP contribution in [-0.2, 0) is 32.6 Å². The summed E-state index contributed by atoms with van der Waals surface area (Å²) in [4.78, 5) is 29.0. The summed E-state index contributed by atoms with van der Waals surface area (Å²) in [5, 5.41) is 3.73. The number of carbonyl (C=O) groups excluding carboxylic acids is 2. The van der Waals surface area contributed by atoms with Crippen LogP contribution in [0.3, 0.4) is 0 Å². The highest BCUT2D eigenvalue weighted by atomic mass is 35.5. The van der Waals surface area contributed by atoms with Crippen molar-refractivity contribution >= 4 is 50.7 Å². The molecule has 0 fully saturated rings. The monoisotopic (exact) mass is 631 g/mol. The topological polar surface area (TPSA) is 86.8 Å². The predicted molar refractivity (Wildman–Crippen MR) is 172 cm³/mol. The van der Waals surface area contributed by atoms with Crippen LogP contribution in [-0.4, -0.2) is 50.5 Å². The van der Waals surface area contributed by atoms with E-state index in [2.05, 4.69) is 5.32 Å². The van der Waals surface area contributed by atoms with Gasteiger partial charge in [0.15, 0.2) is 0 Å². The van der Waals surface area contributed by atoms with Crippen LogP contribution in [0.15, 0.2) is 66.7 Å². The second-order valence-electron chi connectivity index (χ2n) is 10.4. The number of hydrogen-bond acceptors (Lipinski definition) is 4. The van der Waals surface area contributed by atoms with Crippen molar-refractivity contribution in [3.8, 4) is 0 Å². The number of hydrogen-bond donors (Lipinski definition) is 1. The van der Waals surface area contributed by atoms with E-state index in [4.69, 9.17) is 23.2 Å². The first-order chi connectivity index (χ1) is 19.9. The molecule has 0 saturated heterocycles. The minimum absolute atomic E-state index is 0.0191. The SMILES string of the molecule is CCCNC(=O)[C@H](Cc1ccccc1)N(Cc1c(Cl)cccc1Cl)C(=O)CCCN(c1cccc(C)c1C)S(C)(=O)=O. The number of carbonyl (C=O) groups is 2. The molecule has 0 saturated carbocycles. The van der Waals surface area contributed by atoms with Crippen LogP contribution in [0, 0.1) is 13.8 Å². The maximum atomic E-state index is 14.0. The molecule has 0 unspecified atom stereocenters. The molecule has 1 atom stereocenters. The number of nitrogens with one attached hydrogen (secondary N) is 1. The van der Waals surface area contributed by atoms with Gasteiger partial charge in [-0.3, -0.25) is 13.9 Å². The second-order valence-corrected chi connectivity index (χ2v) is 13.1. The van der Waals surface area contributed by atoms with Gasteiger partial charge in [0.25, 0.3) is 0 Å². The van der Waals surface area contributed by atoms with Crippen LogP contribution in [0.25, 0.3) is 0 Å². The Morgan fingerprint density at radius 3 is 2.19 bits per heavy atom. The zero-order chi connectivity index (χ0) is 30.9. The Morgan fingerprint density at radius 2 is 1.57 bits per heavy atom. The van der Waals surface area contributed by atoms with Gasteiger partial charge in [-0.15, -0.1) is 0 Å². The number of amides is 2. The molecule has 7 nitrogen and oxygen atoms in total. The zero-order valence-corrected chi connectivity index (χ0v) is 26.9. The van der Waals surface area contributed by atoms with Crippen molar-refractivity contribution in [3.05, 3.63) is 99.0 Å². The fraction of sp³-hybridized carbons (Fsp3) is 0.375. The van der Waals surface area contributed by atoms with Crippen LogP contribution in [0.1, 0.15) is 48.4 Å². The summed E-state index contributed by atoms with van der Waals surface area (Å²) < 4.78 is 26.9. The number of anilines is 1. The molecule has 0 bridgehead atoms. The molecule has 0 radical (unpaired) electrons. The van der Waals surface area contributed by atoms with Gasteiger partial charge in [-0.1, -0.05) is 78.7 Å². The molecule has 10 heteroatoms. The van der Waals surface area contributed by atoms with Gasteiger partial charge in [-0.05, 0) is 61.6 Å². The Kier molecular flexibility index (Phi) is 12.3. The van der Waals surface area contributed by atoms with Gasteiger partial charge in [0.1, 0.15) is 6.04 Å². The molecular formula is C32H39Cl2N3O4S. The second kappa shape index (κ2) is 15.4. The van der Waals surface area contributed by atoms with Crippen LogP contribution in [0.2, 0.25) is 10.0 Å². The van der Waals surface area contributed by atoms with Gasteiger partial charge in [-0.2, -0.15) is 0 Å². The maximum absolute atomic E-state index is 14.0. The van der Waals surface area contributed by atoms with Crippen LogP contribution in [0.4, 0.5) is 5.69 Å². The molecule has 226 valence electrons. The Morgan fingerprint density at radius 1 is 0.929 bits per heavy atom. The Bertz CT molecular complexity index is 1460. The first-order valence-corrected chi connectivity index (χ1v) is 16.6. The number of aryl methyl sites for hydroxylation is 1. The third-order valence-electron chi connectivity index (χ3n) is 7.21. The summed E-state index contributed by atoms with van der Waals surface area (Å²) in [6, 6.07) is 19.3.